The molecule has 1 amide bonds. The second kappa shape index (κ2) is 8.39. The summed E-state index contributed by atoms with van der Waals surface area (Å²) in [5.74, 6) is 0.679. The topological polar surface area (TPSA) is 67.3 Å². The number of piperidine rings is 1. The second-order valence-corrected chi connectivity index (χ2v) is 7.63. The van der Waals surface area contributed by atoms with E-state index < -0.39 is 0 Å². The minimum Gasteiger partial charge on any atom is -0.496 e. The number of carbonyl (C=O) groups excluding carboxylic acids is 1. The Morgan fingerprint density at radius 2 is 2.07 bits per heavy atom. The summed E-state index contributed by atoms with van der Waals surface area (Å²) in [6, 6.07) is 11.7. The molecule has 0 atom stereocenters. The minimum absolute atomic E-state index is 0.0754. The highest BCUT2D eigenvalue weighted by Crippen LogP contribution is 2.29. The van der Waals surface area contributed by atoms with Gasteiger partial charge in [0.15, 0.2) is 5.13 Å². The molecule has 0 radical (unpaired) electrons. The highest BCUT2D eigenvalue weighted by molar-refractivity contribution is 7.21. The van der Waals surface area contributed by atoms with E-state index in [1.807, 2.05) is 36.4 Å². The number of para-hydroxylation sites is 1. The summed E-state index contributed by atoms with van der Waals surface area (Å²) >= 11 is 1.62. The van der Waals surface area contributed by atoms with Crippen LogP contribution in [0, 0.1) is 0 Å². The van der Waals surface area contributed by atoms with Crippen molar-refractivity contribution in [2.75, 3.05) is 25.1 Å². The predicted octanol–water partition coefficient (Wildman–Crippen LogP) is 3.50. The fourth-order valence-corrected chi connectivity index (χ4v) is 4.29. The van der Waals surface area contributed by atoms with E-state index in [2.05, 4.69) is 20.2 Å². The first-order valence-electron chi connectivity index (χ1n) is 9.31. The zero-order valence-electron chi connectivity index (χ0n) is 15.7. The second-order valence-electron chi connectivity index (χ2n) is 6.67. The number of amides is 1. The number of aromatic nitrogens is 2. The number of anilines is 1. The third-order valence-electron chi connectivity index (χ3n) is 4.82. The lowest BCUT2D eigenvalue weighted by Gasteiger charge is -2.31. The van der Waals surface area contributed by atoms with Crippen molar-refractivity contribution in [3.63, 3.8) is 0 Å². The SMILES string of the molecule is COc1ccccc1C=CC(=O)NC1CCN(c2nc3cccnc3s2)CC1. The molecular weight excluding hydrogens is 372 g/mol. The van der Waals surface area contributed by atoms with E-state index in [4.69, 9.17) is 4.74 Å². The van der Waals surface area contributed by atoms with Crippen molar-refractivity contribution < 1.29 is 9.53 Å². The van der Waals surface area contributed by atoms with Gasteiger partial charge in [-0.2, -0.15) is 0 Å². The number of rotatable bonds is 5. The van der Waals surface area contributed by atoms with Crippen molar-refractivity contribution in [1.29, 1.82) is 0 Å². The third-order valence-corrected chi connectivity index (χ3v) is 5.86. The summed E-state index contributed by atoms with van der Waals surface area (Å²) in [5.41, 5.74) is 1.83. The fraction of sp³-hybridized carbons (Fsp3) is 0.286. The van der Waals surface area contributed by atoms with E-state index in [0.717, 1.165) is 52.7 Å². The number of thiazole rings is 1. The van der Waals surface area contributed by atoms with Gasteiger partial charge in [0.1, 0.15) is 16.1 Å². The van der Waals surface area contributed by atoms with Crippen LogP contribution in [0.4, 0.5) is 5.13 Å². The molecule has 1 saturated heterocycles. The van der Waals surface area contributed by atoms with Gasteiger partial charge >= 0.3 is 0 Å². The Morgan fingerprint density at radius 3 is 2.86 bits per heavy atom. The molecule has 1 aliphatic rings. The number of hydrogen-bond donors (Lipinski definition) is 1. The molecule has 0 bridgehead atoms. The third kappa shape index (κ3) is 4.14. The molecule has 0 aliphatic carbocycles. The molecule has 1 aliphatic heterocycles. The summed E-state index contributed by atoms with van der Waals surface area (Å²) in [5, 5.41) is 4.11. The number of carbonyl (C=O) groups is 1. The van der Waals surface area contributed by atoms with E-state index in [0.29, 0.717) is 0 Å². The van der Waals surface area contributed by atoms with Crippen LogP contribution in [0.15, 0.2) is 48.7 Å². The van der Waals surface area contributed by atoms with Gasteiger partial charge in [0.05, 0.1) is 7.11 Å². The van der Waals surface area contributed by atoms with Crippen LogP contribution >= 0.6 is 11.3 Å². The summed E-state index contributed by atoms with van der Waals surface area (Å²) < 4.78 is 5.31. The number of pyridine rings is 1. The molecule has 6 nitrogen and oxygen atoms in total. The van der Waals surface area contributed by atoms with Gasteiger partial charge in [0.25, 0.3) is 0 Å². The molecule has 1 fully saturated rings. The van der Waals surface area contributed by atoms with Gasteiger partial charge in [-0.15, -0.1) is 0 Å². The van der Waals surface area contributed by atoms with Gasteiger partial charge in [-0.05, 0) is 37.1 Å². The number of methoxy groups -OCH3 is 1. The van der Waals surface area contributed by atoms with Gasteiger partial charge in [-0.3, -0.25) is 4.79 Å². The Hall–Kier alpha value is -2.93. The standard InChI is InChI=1S/C21H22N4O2S/c1-27-18-7-3-2-5-15(18)8-9-19(26)23-16-10-13-25(14-11-16)21-24-17-6-4-12-22-20(17)28-21/h2-9,12,16H,10-11,13-14H2,1H3,(H,23,26). The van der Waals surface area contributed by atoms with Crippen LogP contribution in [0.3, 0.4) is 0 Å². The molecular formula is C21H22N4O2S. The number of hydrogen-bond acceptors (Lipinski definition) is 6. The summed E-state index contributed by atoms with van der Waals surface area (Å²) in [6.45, 7) is 1.75. The Labute approximate surface area is 167 Å². The predicted molar refractivity (Wildman–Crippen MR) is 113 cm³/mol. The van der Waals surface area contributed by atoms with E-state index in [-0.39, 0.29) is 11.9 Å². The summed E-state index contributed by atoms with van der Waals surface area (Å²) in [4.78, 5) is 24.6. The minimum atomic E-state index is -0.0754. The van der Waals surface area contributed by atoms with Gasteiger partial charge in [-0.25, -0.2) is 9.97 Å². The van der Waals surface area contributed by atoms with Crippen LogP contribution < -0.4 is 15.0 Å². The van der Waals surface area contributed by atoms with E-state index in [1.165, 1.54) is 0 Å². The monoisotopic (exact) mass is 394 g/mol. The van der Waals surface area contributed by atoms with E-state index >= 15 is 0 Å². The number of benzene rings is 1. The molecule has 0 unspecified atom stereocenters. The molecule has 144 valence electrons. The number of fused-ring (bicyclic) bond motifs is 1. The maximum absolute atomic E-state index is 12.3. The lowest BCUT2D eigenvalue weighted by atomic mass is 10.1. The Balaban J connectivity index is 1.31. The van der Waals surface area contributed by atoms with E-state index in [1.54, 1.807) is 36.8 Å². The summed E-state index contributed by atoms with van der Waals surface area (Å²) in [6.07, 6.45) is 6.96. The van der Waals surface area contributed by atoms with Crippen LogP contribution in [0.1, 0.15) is 18.4 Å². The molecule has 0 spiro atoms. The lowest BCUT2D eigenvalue weighted by Crippen LogP contribution is -2.44. The molecule has 2 aromatic heterocycles. The first kappa shape index (κ1) is 18.4. The maximum Gasteiger partial charge on any atom is 0.244 e. The van der Waals surface area contributed by atoms with Crippen molar-refractivity contribution in [1.82, 2.24) is 15.3 Å². The Bertz CT molecular complexity index is 960. The fourth-order valence-electron chi connectivity index (χ4n) is 3.33. The molecule has 0 saturated carbocycles. The highest BCUT2D eigenvalue weighted by Gasteiger charge is 2.22. The van der Waals surface area contributed by atoms with Crippen molar-refractivity contribution >= 4 is 38.8 Å². The molecule has 1 N–H and O–H groups in total. The van der Waals surface area contributed by atoms with Crippen LogP contribution in [-0.4, -0.2) is 42.1 Å². The smallest absolute Gasteiger partial charge is 0.244 e. The average Bonchev–Trinajstić information content (AvgIpc) is 3.17. The zero-order chi connectivity index (χ0) is 19.3. The Kier molecular flexibility index (Phi) is 5.53. The van der Waals surface area contributed by atoms with Gasteiger partial charge in [0, 0.05) is 37.0 Å². The van der Waals surface area contributed by atoms with Crippen LogP contribution in [0.5, 0.6) is 5.75 Å². The molecule has 1 aromatic carbocycles. The Morgan fingerprint density at radius 1 is 1.25 bits per heavy atom. The van der Waals surface area contributed by atoms with Crippen molar-refractivity contribution in [3.8, 4) is 5.75 Å². The quantitative estimate of drug-likeness (QED) is 0.671. The molecule has 3 aromatic rings. The molecule has 4 rings (SSSR count). The largest absolute Gasteiger partial charge is 0.496 e. The molecule has 28 heavy (non-hydrogen) atoms. The number of ether oxygens (including phenoxy) is 1. The molecule has 7 heteroatoms. The van der Waals surface area contributed by atoms with Crippen molar-refractivity contribution in [2.45, 2.75) is 18.9 Å². The first-order valence-corrected chi connectivity index (χ1v) is 10.1. The van der Waals surface area contributed by atoms with Crippen LogP contribution in [0.2, 0.25) is 0 Å². The highest BCUT2D eigenvalue weighted by atomic mass is 32.1. The van der Waals surface area contributed by atoms with Gasteiger partial charge in [0.2, 0.25) is 5.91 Å². The van der Waals surface area contributed by atoms with Crippen molar-refractivity contribution in [2.24, 2.45) is 0 Å². The number of nitrogens with one attached hydrogen (secondary N) is 1. The van der Waals surface area contributed by atoms with Crippen LogP contribution in [0.25, 0.3) is 16.4 Å². The van der Waals surface area contributed by atoms with Gasteiger partial charge < -0.3 is 15.0 Å². The average molecular weight is 395 g/mol. The van der Waals surface area contributed by atoms with Crippen molar-refractivity contribution in [3.05, 3.63) is 54.2 Å². The van der Waals surface area contributed by atoms with E-state index in [9.17, 15) is 4.79 Å². The first-order chi connectivity index (χ1) is 13.7. The normalized spacial score (nSPS) is 15.2. The van der Waals surface area contributed by atoms with Gasteiger partial charge in [-0.1, -0.05) is 29.5 Å². The van der Waals surface area contributed by atoms with Crippen LogP contribution in [-0.2, 0) is 4.79 Å². The number of nitrogens with zero attached hydrogens (tertiary/aromatic N) is 3. The lowest BCUT2D eigenvalue weighted by molar-refractivity contribution is -0.117. The summed E-state index contributed by atoms with van der Waals surface area (Å²) in [7, 11) is 1.63. The zero-order valence-corrected chi connectivity index (χ0v) is 16.5. The maximum atomic E-state index is 12.3. The molecule has 3 heterocycles.